The van der Waals surface area contributed by atoms with E-state index in [1.165, 1.54) is 0 Å². The molecule has 17 heavy (non-hydrogen) atoms. The van der Waals surface area contributed by atoms with E-state index in [1.54, 1.807) is 7.11 Å². The van der Waals surface area contributed by atoms with Crippen LogP contribution in [0.4, 0.5) is 5.69 Å². The molecule has 2 atom stereocenters. The summed E-state index contributed by atoms with van der Waals surface area (Å²) >= 11 is 0. The normalized spacial score (nSPS) is 22.0. The maximum absolute atomic E-state index is 11.6. The molecule has 1 aromatic rings. The number of nitrogens with two attached hydrogens (primary N) is 1. The molecular formula is C13H18N2O2. The molecule has 2 unspecified atom stereocenters. The Kier molecular flexibility index (Phi) is 3.22. The van der Waals surface area contributed by atoms with Crippen LogP contribution in [0.5, 0.6) is 5.75 Å². The third-order valence-electron chi connectivity index (χ3n) is 3.21. The zero-order valence-electron chi connectivity index (χ0n) is 10.2. The zero-order valence-corrected chi connectivity index (χ0v) is 10.2. The van der Waals surface area contributed by atoms with Crippen molar-refractivity contribution in [2.24, 2.45) is 11.8 Å². The second-order valence-corrected chi connectivity index (χ2v) is 4.61. The molecule has 1 aliphatic rings. The predicted molar refractivity (Wildman–Crippen MR) is 66.5 cm³/mol. The number of hydrogen-bond acceptors (Lipinski definition) is 3. The van der Waals surface area contributed by atoms with Gasteiger partial charge in [0.15, 0.2) is 0 Å². The molecule has 0 bridgehead atoms. The highest BCUT2D eigenvalue weighted by Gasteiger charge is 2.38. The highest BCUT2D eigenvalue weighted by molar-refractivity contribution is 5.81. The first-order chi connectivity index (χ1) is 8.11. The van der Waals surface area contributed by atoms with Crippen LogP contribution in [0.25, 0.3) is 0 Å². The summed E-state index contributed by atoms with van der Waals surface area (Å²) in [5.74, 6) is 1.56. The van der Waals surface area contributed by atoms with Gasteiger partial charge in [-0.05, 0) is 30.0 Å². The fourth-order valence-corrected chi connectivity index (χ4v) is 1.90. The molecule has 1 amide bonds. The summed E-state index contributed by atoms with van der Waals surface area (Å²) in [6.07, 6.45) is 1.01. The smallest absolute Gasteiger partial charge is 0.223 e. The van der Waals surface area contributed by atoms with E-state index >= 15 is 0 Å². The van der Waals surface area contributed by atoms with Gasteiger partial charge < -0.3 is 15.8 Å². The molecule has 0 radical (unpaired) electrons. The van der Waals surface area contributed by atoms with Crippen molar-refractivity contribution in [2.75, 3.05) is 12.8 Å². The summed E-state index contributed by atoms with van der Waals surface area (Å²) in [6.45, 7) is 2.62. The minimum absolute atomic E-state index is 0.145. The second-order valence-electron chi connectivity index (χ2n) is 4.61. The lowest BCUT2D eigenvalue weighted by atomic mass is 10.2. The van der Waals surface area contributed by atoms with Crippen LogP contribution >= 0.6 is 0 Å². The van der Waals surface area contributed by atoms with Crippen LogP contribution in [0, 0.1) is 11.8 Å². The van der Waals surface area contributed by atoms with Gasteiger partial charge in [-0.2, -0.15) is 0 Å². The molecule has 0 aromatic heterocycles. The molecule has 0 saturated heterocycles. The van der Waals surface area contributed by atoms with E-state index in [4.69, 9.17) is 10.5 Å². The zero-order chi connectivity index (χ0) is 12.4. The Hall–Kier alpha value is -1.71. The van der Waals surface area contributed by atoms with Crippen LogP contribution in [-0.4, -0.2) is 13.0 Å². The predicted octanol–water partition coefficient (Wildman–Crippen LogP) is 1.55. The van der Waals surface area contributed by atoms with Gasteiger partial charge in [0.25, 0.3) is 0 Å². The lowest BCUT2D eigenvalue weighted by molar-refractivity contribution is -0.122. The van der Waals surface area contributed by atoms with Crippen molar-refractivity contribution in [3.05, 3.63) is 23.8 Å². The molecule has 1 aliphatic carbocycles. The number of rotatable bonds is 4. The number of nitrogen functional groups attached to an aromatic ring is 1. The summed E-state index contributed by atoms with van der Waals surface area (Å²) in [6, 6.07) is 5.55. The van der Waals surface area contributed by atoms with E-state index in [0.717, 1.165) is 12.0 Å². The number of methoxy groups -OCH3 is 1. The fourth-order valence-electron chi connectivity index (χ4n) is 1.90. The topological polar surface area (TPSA) is 64.3 Å². The van der Waals surface area contributed by atoms with Crippen LogP contribution < -0.4 is 15.8 Å². The number of carbonyl (C=O) groups excluding carboxylic acids is 1. The minimum atomic E-state index is 0.145. The van der Waals surface area contributed by atoms with E-state index in [1.807, 2.05) is 18.2 Å². The van der Waals surface area contributed by atoms with Crippen molar-refractivity contribution in [2.45, 2.75) is 19.9 Å². The van der Waals surface area contributed by atoms with Gasteiger partial charge in [0.1, 0.15) is 5.75 Å². The van der Waals surface area contributed by atoms with E-state index < -0.39 is 0 Å². The highest BCUT2D eigenvalue weighted by atomic mass is 16.5. The van der Waals surface area contributed by atoms with Gasteiger partial charge in [-0.25, -0.2) is 0 Å². The molecule has 1 fully saturated rings. The highest BCUT2D eigenvalue weighted by Crippen LogP contribution is 2.37. The molecule has 1 saturated carbocycles. The molecule has 0 aliphatic heterocycles. The van der Waals surface area contributed by atoms with Crippen molar-refractivity contribution >= 4 is 11.6 Å². The lowest BCUT2D eigenvalue weighted by Gasteiger charge is -2.08. The molecule has 0 spiro atoms. The van der Waals surface area contributed by atoms with Gasteiger partial charge >= 0.3 is 0 Å². The number of hydrogen-bond donors (Lipinski definition) is 2. The monoisotopic (exact) mass is 234 g/mol. The number of nitrogens with one attached hydrogen (secondary N) is 1. The number of carbonyl (C=O) groups is 1. The van der Waals surface area contributed by atoms with Crippen LogP contribution in [-0.2, 0) is 11.3 Å². The van der Waals surface area contributed by atoms with Gasteiger partial charge in [-0.15, -0.1) is 0 Å². The third-order valence-corrected chi connectivity index (χ3v) is 3.21. The van der Waals surface area contributed by atoms with Crippen molar-refractivity contribution in [1.29, 1.82) is 0 Å². The SMILES string of the molecule is COc1ccc(CNC(=O)C2CC2C)cc1N. The molecule has 1 aromatic carbocycles. The fraction of sp³-hybridized carbons (Fsp3) is 0.462. The average molecular weight is 234 g/mol. The number of amides is 1. The van der Waals surface area contributed by atoms with Crippen LogP contribution in [0.3, 0.4) is 0 Å². The van der Waals surface area contributed by atoms with Gasteiger partial charge in [0, 0.05) is 12.5 Å². The standard InChI is InChI=1S/C13H18N2O2/c1-8-5-10(8)13(16)15-7-9-3-4-12(17-2)11(14)6-9/h3-4,6,8,10H,5,7,14H2,1-2H3,(H,15,16). The summed E-state index contributed by atoms with van der Waals surface area (Å²) < 4.78 is 5.08. The molecule has 3 N–H and O–H groups in total. The Morgan fingerprint density at radius 1 is 1.59 bits per heavy atom. The van der Waals surface area contributed by atoms with Gasteiger partial charge in [-0.1, -0.05) is 13.0 Å². The van der Waals surface area contributed by atoms with Crippen LogP contribution in [0.2, 0.25) is 0 Å². The van der Waals surface area contributed by atoms with E-state index in [9.17, 15) is 4.79 Å². The lowest BCUT2D eigenvalue weighted by Crippen LogP contribution is -2.24. The summed E-state index contributed by atoms with van der Waals surface area (Å²) in [5.41, 5.74) is 7.38. The first-order valence-corrected chi connectivity index (χ1v) is 5.82. The van der Waals surface area contributed by atoms with Crippen LogP contribution in [0.15, 0.2) is 18.2 Å². The number of ether oxygens (including phenoxy) is 1. The Bertz CT molecular complexity index is 431. The minimum Gasteiger partial charge on any atom is -0.495 e. The Morgan fingerprint density at radius 2 is 2.29 bits per heavy atom. The summed E-state index contributed by atoms with van der Waals surface area (Å²) in [5, 5.41) is 2.92. The van der Waals surface area contributed by atoms with Gasteiger partial charge in [0.05, 0.1) is 12.8 Å². The van der Waals surface area contributed by atoms with Crippen molar-refractivity contribution < 1.29 is 9.53 Å². The van der Waals surface area contributed by atoms with Crippen LogP contribution in [0.1, 0.15) is 18.9 Å². The first-order valence-electron chi connectivity index (χ1n) is 5.82. The Morgan fingerprint density at radius 3 is 2.82 bits per heavy atom. The van der Waals surface area contributed by atoms with Gasteiger partial charge in [-0.3, -0.25) is 4.79 Å². The van der Waals surface area contributed by atoms with E-state index in [-0.39, 0.29) is 11.8 Å². The molecule has 4 heteroatoms. The maximum atomic E-state index is 11.6. The largest absolute Gasteiger partial charge is 0.495 e. The third kappa shape index (κ3) is 2.70. The molecule has 92 valence electrons. The van der Waals surface area contributed by atoms with Gasteiger partial charge in [0.2, 0.25) is 5.91 Å². The average Bonchev–Trinajstić information content (AvgIpc) is 3.03. The Labute approximate surface area is 101 Å². The summed E-state index contributed by atoms with van der Waals surface area (Å²) in [4.78, 5) is 11.6. The van der Waals surface area contributed by atoms with Crippen molar-refractivity contribution in [3.8, 4) is 5.75 Å². The molecule has 0 heterocycles. The van der Waals surface area contributed by atoms with Crippen molar-refractivity contribution in [3.63, 3.8) is 0 Å². The number of benzene rings is 1. The molecular weight excluding hydrogens is 216 g/mol. The van der Waals surface area contributed by atoms with E-state index in [2.05, 4.69) is 12.2 Å². The maximum Gasteiger partial charge on any atom is 0.223 e. The second kappa shape index (κ2) is 4.65. The first kappa shape index (κ1) is 11.8. The van der Waals surface area contributed by atoms with E-state index in [0.29, 0.717) is 23.9 Å². The Balaban J connectivity index is 1.90. The quantitative estimate of drug-likeness (QED) is 0.777. The summed E-state index contributed by atoms with van der Waals surface area (Å²) in [7, 11) is 1.58. The molecule has 2 rings (SSSR count). The molecule has 4 nitrogen and oxygen atoms in total. The number of anilines is 1. The van der Waals surface area contributed by atoms with Crippen molar-refractivity contribution in [1.82, 2.24) is 5.32 Å².